The summed E-state index contributed by atoms with van der Waals surface area (Å²) in [4.78, 5) is 15.4. The normalized spacial score (nSPS) is 11.0. The number of carbonyl (C=O) groups is 1. The standard InChI is InChI=1S/C16H13ClO5S/c1-2-10-23(20,21)13-9-8-12(16(18)22-19)14(15(13)17)11-6-4-3-5-7-11/h2-9,19H,1,10H2. The Labute approximate surface area is 138 Å². The molecule has 0 aliphatic rings. The zero-order chi connectivity index (χ0) is 17.0. The van der Waals surface area contributed by atoms with Crippen LogP contribution in [0.4, 0.5) is 0 Å². The molecule has 2 aromatic carbocycles. The molecule has 0 radical (unpaired) electrons. The number of carbonyl (C=O) groups excluding carboxylic acids is 1. The third-order valence-electron chi connectivity index (χ3n) is 3.14. The first-order chi connectivity index (χ1) is 10.9. The molecule has 0 unspecified atom stereocenters. The first-order valence-electron chi connectivity index (χ1n) is 6.49. The summed E-state index contributed by atoms with van der Waals surface area (Å²) < 4.78 is 24.5. The van der Waals surface area contributed by atoms with Crippen LogP contribution in [0.2, 0.25) is 5.02 Å². The van der Waals surface area contributed by atoms with Crippen molar-refractivity contribution < 1.29 is 23.4 Å². The second kappa shape index (κ2) is 6.95. The van der Waals surface area contributed by atoms with Crippen LogP contribution < -0.4 is 0 Å². The fraction of sp³-hybridized carbons (Fsp3) is 0.0625. The molecule has 0 atom stereocenters. The number of hydrogen-bond acceptors (Lipinski definition) is 5. The fourth-order valence-corrected chi connectivity index (χ4v) is 3.92. The molecule has 7 heteroatoms. The minimum atomic E-state index is -3.69. The van der Waals surface area contributed by atoms with Gasteiger partial charge in [-0.3, -0.25) is 4.89 Å². The maximum atomic E-state index is 12.3. The molecule has 0 saturated heterocycles. The highest BCUT2D eigenvalue weighted by atomic mass is 35.5. The van der Waals surface area contributed by atoms with E-state index >= 15 is 0 Å². The predicted molar refractivity (Wildman–Crippen MR) is 87.2 cm³/mol. The molecule has 120 valence electrons. The molecule has 0 fully saturated rings. The van der Waals surface area contributed by atoms with Gasteiger partial charge in [-0.2, -0.15) is 5.26 Å². The van der Waals surface area contributed by atoms with Gasteiger partial charge in [0.05, 0.1) is 21.2 Å². The van der Waals surface area contributed by atoms with E-state index in [-0.39, 0.29) is 26.8 Å². The van der Waals surface area contributed by atoms with Crippen LogP contribution in [0, 0.1) is 0 Å². The first-order valence-corrected chi connectivity index (χ1v) is 8.52. The van der Waals surface area contributed by atoms with Crippen molar-refractivity contribution in [3.8, 4) is 11.1 Å². The van der Waals surface area contributed by atoms with Crippen molar-refractivity contribution in [1.82, 2.24) is 0 Å². The van der Waals surface area contributed by atoms with E-state index in [1.54, 1.807) is 30.3 Å². The number of sulfone groups is 1. The summed E-state index contributed by atoms with van der Waals surface area (Å²) in [6.07, 6.45) is 1.25. The third kappa shape index (κ3) is 3.44. The molecule has 2 rings (SSSR count). The second-order valence-corrected chi connectivity index (χ2v) is 7.00. The predicted octanol–water partition coefficient (Wildman–Crippen LogP) is 3.60. The number of rotatable bonds is 5. The molecule has 0 aromatic heterocycles. The zero-order valence-electron chi connectivity index (χ0n) is 11.9. The number of hydrogen-bond donors (Lipinski definition) is 1. The van der Waals surface area contributed by atoms with Gasteiger partial charge < -0.3 is 0 Å². The molecule has 23 heavy (non-hydrogen) atoms. The Morgan fingerprint density at radius 1 is 1.22 bits per heavy atom. The van der Waals surface area contributed by atoms with E-state index in [1.807, 2.05) is 0 Å². The van der Waals surface area contributed by atoms with E-state index in [0.29, 0.717) is 5.56 Å². The monoisotopic (exact) mass is 352 g/mol. The number of benzene rings is 2. The van der Waals surface area contributed by atoms with E-state index in [9.17, 15) is 13.2 Å². The van der Waals surface area contributed by atoms with Crippen LogP contribution in [-0.2, 0) is 14.7 Å². The van der Waals surface area contributed by atoms with Crippen LogP contribution in [-0.4, -0.2) is 25.4 Å². The highest BCUT2D eigenvalue weighted by Crippen LogP contribution is 2.37. The summed E-state index contributed by atoms with van der Waals surface area (Å²) in [7, 11) is -3.69. The van der Waals surface area contributed by atoms with Gasteiger partial charge in [0.15, 0.2) is 9.84 Å². The Morgan fingerprint density at radius 3 is 2.43 bits per heavy atom. The quantitative estimate of drug-likeness (QED) is 0.505. The first kappa shape index (κ1) is 17.2. The molecule has 1 N–H and O–H groups in total. The van der Waals surface area contributed by atoms with E-state index in [4.69, 9.17) is 16.9 Å². The minimum absolute atomic E-state index is 0.0405. The van der Waals surface area contributed by atoms with Gasteiger partial charge in [0.2, 0.25) is 0 Å². The van der Waals surface area contributed by atoms with Crippen molar-refractivity contribution in [2.45, 2.75) is 4.90 Å². The lowest BCUT2D eigenvalue weighted by Crippen LogP contribution is -2.10. The molecule has 0 spiro atoms. The average molecular weight is 353 g/mol. The summed E-state index contributed by atoms with van der Waals surface area (Å²) in [6.45, 7) is 3.41. The Balaban J connectivity index is 2.79. The lowest BCUT2D eigenvalue weighted by atomic mass is 9.99. The van der Waals surface area contributed by atoms with Crippen LogP contribution >= 0.6 is 11.6 Å². The minimum Gasteiger partial charge on any atom is -0.295 e. The van der Waals surface area contributed by atoms with Crippen molar-refractivity contribution >= 4 is 27.4 Å². The van der Waals surface area contributed by atoms with Crippen molar-refractivity contribution in [3.63, 3.8) is 0 Å². The molecule has 0 amide bonds. The number of halogens is 1. The van der Waals surface area contributed by atoms with Crippen molar-refractivity contribution in [2.75, 3.05) is 5.75 Å². The molecular weight excluding hydrogens is 340 g/mol. The van der Waals surface area contributed by atoms with Gasteiger partial charge >= 0.3 is 5.97 Å². The Morgan fingerprint density at radius 2 is 1.87 bits per heavy atom. The van der Waals surface area contributed by atoms with Crippen LogP contribution in [0.15, 0.2) is 60.0 Å². The summed E-state index contributed by atoms with van der Waals surface area (Å²) in [5, 5.41) is 8.53. The molecule has 0 saturated carbocycles. The SMILES string of the molecule is C=CCS(=O)(=O)c1ccc(C(=O)OO)c(-c2ccccc2)c1Cl. The Bertz CT molecular complexity index is 844. The zero-order valence-corrected chi connectivity index (χ0v) is 13.5. The van der Waals surface area contributed by atoms with Gasteiger partial charge in [-0.25, -0.2) is 13.2 Å². The molecule has 5 nitrogen and oxygen atoms in total. The smallest absolute Gasteiger partial charge is 0.295 e. The van der Waals surface area contributed by atoms with Crippen LogP contribution in [0.1, 0.15) is 10.4 Å². The van der Waals surface area contributed by atoms with Gasteiger partial charge in [-0.05, 0) is 17.7 Å². The van der Waals surface area contributed by atoms with Crippen molar-refractivity contribution in [2.24, 2.45) is 0 Å². The van der Waals surface area contributed by atoms with E-state index in [1.165, 1.54) is 18.2 Å². The maximum absolute atomic E-state index is 12.3. The van der Waals surface area contributed by atoms with Crippen molar-refractivity contribution in [3.05, 3.63) is 65.7 Å². The van der Waals surface area contributed by atoms with Gasteiger partial charge in [-0.15, -0.1) is 6.58 Å². The summed E-state index contributed by atoms with van der Waals surface area (Å²) in [6, 6.07) is 11.0. The third-order valence-corrected chi connectivity index (χ3v) is 5.33. The van der Waals surface area contributed by atoms with Gasteiger partial charge in [-0.1, -0.05) is 48.0 Å². The fourth-order valence-electron chi connectivity index (χ4n) is 2.15. The lowest BCUT2D eigenvalue weighted by molar-refractivity contribution is -0.182. The summed E-state index contributed by atoms with van der Waals surface area (Å²) in [5.74, 6) is -1.32. The molecule has 0 bridgehead atoms. The van der Waals surface area contributed by atoms with Crippen LogP contribution in [0.5, 0.6) is 0 Å². The average Bonchev–Trinajstić information content (AvgIpc) is 2.54. The summed E-state index contributed by atoms with van der Waals surface area (Å²) in [5.41, 5.74) is 0.659. The van der Waals surface area contributed by atoms with E-state index in [2.05, 4.69) is 11.5 Å². The topological polar surface area (TPSA) is 80.7 Å². The maximum Gasteiger partial charge on any atom is 0.373 e. The molecular formula is C16H13ClO5S. The highest BCUT2D eigenvalue weighted by Gasteiger charge is 2.25. The Kier molecular flexibility index (Phi) is 5.20. The largest absolute Gasteiger partial charge is 0.373 e. The highest BCUT2D eigenvalue weighted by molar-refractivity contribution is 7.91. The van der Waals surface area contributed by atoms with Gasteiger partial charge in [0, 0.05) is 5.56 Å². The van der Waals surface area contributed by atoms with Gasteiger partial charge in [0.1, 0.15) is 0 Å². The van der Waals surface area contributed by atoms with E-state index in [0.717, 1.165) is 0 Å². The molecule has 2 aromatic rings. The van der Waals surface area contributed by atoms with E-state index < -0.39 is 15.8 Å². The van der Waals surface area contributed by atoms with Crippen LogP contribution in [0.3, 0.4) is 0 Å². The molecule has 0 aliphatic carbocycles. The molecule has 0 aliphatic heterocycles. The van der Waals surface area contributed by atoms with Crippen molar-refractivity contribution in [1.29, 1.82) is 0 Å². The molecule has 0 heterocycles. The second-order valence-electron chi connectivity index (χ2n) is 4.62. The lowest BCUT2D eigenvalue weighted by Gasteiger charge is -2.13. The summed E-state index contributed by atoms with van der Waals surface area (Å²) >= 11 is 6.27. The Hall–Kier alpha value is -2.15. The van der Waals surface area contributed by atoms with Crippen LogP contribution in [0.25, 0.3) is 11.1 Å². The van der Waals surface area contributed by atoms with Gasteiger partial charge in [0.25, 0.3) is 0 Å².